The van der Waals surface area contributed by atoms with Crippen LogP contribution in [0.15, 0.2) is 22.2 Å². The molecule has 2 aliphatic rings. The molecular weight excluding hydrogens is 342 g/mol. The lowest BCUT2D eigenvalue weighted by Gasteiger charge is -2.34. The SMILES string of the molecule is CCC12CCC(=O)C(C)=C1c1ccc(NC(C)=O)c(Br)c1C2. The molecule has 1 unspecified atom stereocenters. The standard InChI is InChI=1S/C18H20BrNO2/c1-4-18-8-7-15(22)10(2)16(18)12-5-6-14(20-11(3)21)17(19)13(12)9-18/h5-6H,4,7-9H2,1-3H3,(H,20,21). The first-order chi connectivity index (χ1) is 10.4. The number of carbonyl (C=O) groups excluding carboxylic acids is 2. The van der Waals surface area contributed by atoms with Crippen LogP contribution in [-0.4, -0.2) is 11.7 Å². The highest BCUT2D eigenvalue weighted by Crippen LogP contribution is 2.57. The van der Waals surface area contributed by atoms with Gasteiger partial charge in [0.25, 0.3) is 0 Å². The van der Waals surface area contributed by atoms with Crippen LogP contribution in [-0.2, 0) is 16.0 Å². The van der Waals surface area contributed by atoms with Gasteiger partial charge >= 0.3 is 0 Å². The highest BCUT2D eigenvalue weighted by Gasteiger charge is 2.45. The molecule has 0 bridgehead atoms. The van der Waals surface area contributed by atoms with E-state index in [1.807, 2.05) is 13.0 Å². The summed E-state index contributed by atoms with van der Waals surface area (Å²) in [6.07, 6.45) is 3.54. The van der Waals surface area contributed by atoms with Crippen LogP contribution in [0.3, 0.4) is 0 Å². The molecule has 0 aliphatic heterocycles. The van der Waals surface area contributed by atoms with Crippen LogP contribution in [0.5, 0.6) is 0 Å². The molecule has 0 aromatic heterocycles. The molecule has 1 amide bonds. The molecule has 1 aromatic carbocycles. The largest absolute Gasteiger partial charge is 0.325 e. The van der Waals surface area contributed by atoms with E-state index in [9.17, 15) is 9.59 Å². The summed E-state index contributed by atoms with van der Waals surface area (Å²) in [6, 6.07) is 3.98. The Labute approximate surface area is 139 Å². The Hall–Kier alpha value is -1.42. The molecule has 116 valence electrons. The predicted molar refractivity (Wildman–Crippen MR) is 91.7 cm³/mol. The number of carbonyl (C=O) groups is 2. The Kier molecular flexibility index (Phi) is 3.76. The Morgan fingerprint density at radius 3 is 2.77 bits per heavy atom. The Balaban J connectivity index is 2.19. The number of anilines is 1. The summed E-state index contributed by atoms with van der Waals surface area (Å²) in [4.78, 5) is 23.5. The van der Waals surface area contributed by atoms with Crippen molar-refractivity contribution in [2.24, 2.45) is 5.41 Å². The van der Waals surface area contributed by atoms with Crippen molar-refractivity contribution >= 4 is 38.9 Å². The van der Waals surface area contributed by atoms with Gasteiger partial charge in [-0.15, -0.1) is 0 Å². The van der Waals surface area contributed by atoms with E-state index in [2.05, 4.69) is 34.2 Å². The fourth-order valence-corrected chi connectivity index (χ4v) is 4.58. The first-order valence-electron chi connectivity index (χ1n) is 7.73. The number of Topliss-reactive ketones (excluding diaryl/α,β-unsaturated/α-hetero) is 1. The van der Waals surface area contributed by atoms with Crippen molar-refractivity contribution in [2.45, 2.75) is 46.5 Å². The maximum absolute atomic E-state index is 12.2. The first kappa shape index (κ1) is 15.5. The van der Waals surface area contributed by atoms with E-state index in [0.717, 1.165) is 35.0 Å². The van der Waals surface area contributed by atoms with Crippen molar-refractivity contribution in [1.82, 2.24) is 0 Å². The summed E-state index contributed by atoms with van der Waals surface area (Å²) >= 11 is 3.66. The number of nitrogens with one attached hydrogen (secondary N) is 1. The van der Waals surface area contributed by atoms with Crippen molar-refractivity contribution in [3.8, 4) is 0 Å². The number of hydrogen-bond acceptors (Lipinski definition) is 2. The number of amides is 1. The molecule has 3 nitrogen and oxygen atoms in total. The summed E-state index contributed by atoms with van der Waals surface area (Å²) in [5, 5.41) is 2.87. The van der Waals surface area contributed by atoms with Crippen LogP contribution >= 0.6 is 15.9 Å². The van der Waals surface area contributed by atoms with Crippen LogP contribution in [0, 0.1) is 5.41 Å². The zero-order valence-electron chi connectivity index (χ0n) is 13.2. The molecule has 2 aliphatic carbocycles. The third kappa shape index (κ3) is 2.16. The van der Waals surface area contributed by atoms with Gasteiger partial charge in [-0.3, -0.25) is 9.59 Å². The molecule has 0 saturated carbocycles. The number of ketones is 1. The van der Waals surface area contributed by atoms with Crippen molar-refractivity contribution in [3.63, 3.8) is 0 Å². The van der Waals surface area contributed by atoms with Gasteiger partial charge < -0.3 is 5.32 Å². The van der Waals surface area contributed by atoms with Gasteiger partial charge in [0.05, 0.1) is 5.69 Å². The van der Waals surface area contributed by atoms with E-state index in [1.165, 1.54) is 23.6 Å². The summed E-state index contributed by atoms with van der Waals surface area (Å²) in [6.45, 7) is 5.68. The van der Waals surface area contributed by atoms with E-state index < -0.39 is 0 Å². The average molecular weight is 362 g/mol. The molecule has 4 heteroatoms. The van der Waals surface area contributed by atoms with Gasteiger partial charge in [-0.1, -0.05) is 13.0 Å². The van der Waals surface area contributed by atoms with Crippen molar-refractivity contribution in [1.29, 1.82) is 0 Å². The molecular formula is C18H20BrNO2. The van der Waals surface area contributed by atoms with Gasteiger partial charge in [-0.25, -0.2) is 0 Å². The van der Waals surface area contributed by atoms with E-state index in [-0.39, 0.29) is 17.1 Å². The molecule has 0 saturated heterocycles. The first-order valence-corrected chi connectivity index (χ1v) is 8.53. The van der Waals surface area contributed by atoms with Crippen molar-refractivity contribution in [2.75, 3.05) is 5.32 Å². The molecule has 0 radical (unpaired) electrons. The summed E-state index contributed by atoms with van der Waals surface area (Å²) in [5.74, 6) is 0.195. The average Bonchev–Trinajstić information content (AvgIpc) is 2.82. The second-order valence-corrected chi connectivity index (χ2v) is 7.16. The smallest absolute Gasteiger partial charge is 0.221 e. The maximum Gasteiger partial charge on any atom is 0.221 e. The predicted octanol–water partition coefficient (Wildman–Crippen LogP) is 4.50. The third-order valence-corrected chi connectivity index (χ3v) is 6.08. The topological polar surface area (TPSA) is 46.2 Å². The van der Waals surface area contributed by atoms with E-state index in [1.54, 1.807) is 0 Å². The molecule has 0 fully saturated rings. The molecule has 1 aromatic rings. The lowest BCUT2D eigenvalue weighted by Crippen LogP contribution is -2.27. The van der Waals surface area contributed by atoms with Gasteiger partial charge in [-0.2, -0.15) is 0 Å². The van der Waals surface area contributed by atoms with Crippen LogP contribution in [0.4, 0.5) is 5.69 Å². The minimum Gasteiger partial charge on any atom is -0.325 e. The molecule has 22 heavy (non-hydrogen) atoms. The van der Waals surface area contributed by atoms with Crippen LogP contribution < -0.4 is 5.32 Å². The Bertz CT molecular complexity index is 720. The Morgan fingerprint density at radius 1 is 1.41 bits per heavy atom. The number of halogens is 1. The molecule has 1 atom stereocenters. The summed E-state index contributed by atoms with van der Waals surface area (Å²) in [7, 11) is 0. The summed E-state index contributed by atoms with van der Waals surface area (Å²) < 4.78 is 0.954. The van der Waals surface area contributed by atoms with Crippen LogP contribution in [0.25, 0.3) is 5.57 Å². The maximum atomic E-state index is 12.2. The normalized spacial score (nSPS) is 23.4. The van der Waals surface area contributed by atoms with Crippen LogP contribution in [0.2, 0.25) is 0 Å². The van der Waals surface area contributed by atoms with Gasteiger partial charge in [-0.05, 0) is 70.5 Å². The Morgan fingerprint density at radius 2 is 2.14 bits per heavy atom. The highest BCUT2D eigenvalue weighted by molar-refractivity contribution is 9.10. The van der Waals surface area contributed by atoms with Crippen LogP contribution in [0.1, 0.15) is 51.2 Å². The third-order valence-electron chi connectivity index (χ3n) is 5.17. The number of hydrogen-bond donors (Lipinski definition) is 1. The van der Waals surface area contributed by atoms with Crippen molar-refractivity contribution in [3.05, 3.63) is 33.3 Å². The number of rotatable bonds is 2. The van der Waals surface area contributed by atoms with Gasteiger partial charge in [0.1, 0.15) is 0 Å². The highest BCUT2D eigenvalue weighted by atomic mass is 79.9. The van der Waals surface area contributed by atoms with E-state index in [0.29, 0.717) is 6.42 Å². The lowest BCUT2D eigenvalue weighted by molar-refractivity contribution is -0.116. The number of benzene rings is 1. The van der Waals surface area contributed by atoms with Crippen molar-refractivity contribution < 1.29 is 9.59 Å². The van der Waals surface area contributed by atoms with Gasteiger partial charge in [0.15, 0.2) is 5.78 Å². The zero-order chi connectivity index (χ0) is 16.1. The lowest BCUT2D eigenvalue weighted by atomic mass is 9.68. The quantitative estimate of drug-likeness (QED) is 0.842. The fourth-order valence-electron chi connectivity index (χ4n) is 4.00. The molecule has 1 N–H and O–H groups in total. The number of allylic oxidation sites excluding steroid dienone is 2. The monoisotopic (exact) mass is 361 g/mol. The molecule has 0 spiro atoms. The number of fused-ring (bicyclic) bond motifs is 3. The minimum absolute atomic E-state index is 0.0770. The zero-order valence-corrected chi connectivity index (χ0v) is 14.8. The minimum atomic E-state index is -0.0770. The second-order valence-electron chi connectivity index (χ2n) is 6.37. The van der Waals surface area contributed by atoms with Gasteiger partial charge in [0, 0.05) is 23.2 Å². The fraction of sp³-hybridized carbons (Fsp3) is 0.444. The molecule has 0 heterocycles. The van der Waals surface area contributed by atoms with E-state index in [4.69, 9.17) is 0 Å². The summed E-state index contributed by atoms with van der Waals surface area (Å²) in [5.41, 5.74) is 5.44. The van der Waals surface area contributed by atoms with E-state index >= 15 is 0 Å². The second kappa shape index (κ2) is 5.34. The van der Waals surface area contributed by atoms with Gasteiger partial charge in [0.2, 0.25) is 5.91 Å². The molecule has 3 rings (SSSR count).